The van der Waals surface area contributed by atoms with Gasteiger partial charge in [-0.15, -0.1) is 0 Å². The molecule has 0 saturated heterocycles. The lowest BCUT2D eigenvalue weighted by atomic mass is 9.85. The first-order chi connectivity index (χ1) is 9.97. The number of unbranched alkanes of at least 4 members (excludes halogenated alkanes) is 1. The molecule has 0 aliphatic heterocycles. The molecule has 0 bridgehead atoms. The van der Waals surface area contributed by atoms with Crippen molar-refractivity contribution in [2.45, 2.75) is 50.7 Å². The minimum atomic E-state index is -4.07. The van der Waals surface area contributed by atoms with Gasteiger partial charge in [0.25, 0.3) is 0 Å². The maximum absolute atomic E-state index is 12.8. The van der Waals surface area contributed by atoms with Gasteiger partial charge in [0.1, 0.15) is 0 Å². The van der Waals surface area contributed by atoms with Gasteiger partial charge in [-0.1, -0.05) is 6.42 Å². The maximum Gasteiger partial charge on any atom is 0.391 e. The summed E-state index contributed by atoms with van der Waals surface area (Å²) in [7, 11) is 1.65. The first-order valence-corrected chi connectivity index (χ1v) is 8.89. The van der Waals surface area contributed by atoms with Crippen molar-refractivity contribution in [1.82, 2.24) is 10.6 Å². The van der Waals surface area contributed by atoms with Crippen LogP contribution >= 0.6 is 11.8 Å². The van der Waals surface area contributed by atoms with Gasteiger partial charge in [-0.05, 0) is 44.1 Å². The predicted octanol–water partition coefficient (Wildman–Crippen LogP) is 3.42. The fraction of sp³-hybridized carbons (Fsp3) is 0.929. The van der Waals surface area contributed by atoms with E-state index in [4.69, 9.17) is 0 Å². The molecule has 0 amide bonds. The Labute approximate surface area is 129 Å². The van der Waals surface area contributed by atoms with Crippen molar-refractivity contribution in [3.63, 3.8) is 0 Å². The minimum Gasteiger partial charge on any atom is -0.356 e. The van der Waals surface area contributed by atoms with Crippen LogP contribution in [-0.4, -0.2) is 43.8 Å². The quantitative estimate of drug-likeness (QED) is 0.446. The van der Waals surface area contributed by atoms with Gasteiger partial charge >= 0.3 is 6.18 Å². The predicted molar refractivity (Wildman–Crippen MR) is 83.9 cm³/mol. The highest BCUT2D eigenvalue weighted by Crippen LogP contribution is 2.37. The number of aliphatic imine (C=N–C) groups is 1. The van der Waals surface area contributed by atoms with E-state index in [9.17, 15) is 13.2 Å². The summed E-state index contributed by atoms with van der Waals surface area (Å²) in [5, 5.41) is 6.31. The average molecular weight is 325 g/mol. The lowest BCUT2D eigenvalue weighted by Crippen LogP contribution is -2.47. The number of halogens is 3. The summed E-state index contributed by atoms with van der Waals surface area (Å²) in [6.45, 7) is 0.801. The molecule has 1 rings (SSSR count). The number of rotatable bonds is 6. The Morgan fingerprint density at radius 2 is 2.05 bits per heavy atom. The van der Waals surface area contributed by atoms with Crippen LogP contribution in [0.4, 0.5) is 13.2 Å². The number of guanidine groups is 1. The Hall–Kier alpha value is -0.590. The van der Waals surface area contributed by atoms with Crippen LogP contribution in [0.1, 0.15) is 38.5 Å². The van der Waals surface area contributed by atoms with E-state index in [1.807, 2.05) is 11.8 Å². The fourth-order valence-electron chi connectivity index (χ4n) is 2.58. The highest BCUT2D eigenvalue weighted by atomic mass is 32.2. The normalized spacial score (nSPS) is 24.0. The molecule has 1 aliphatic carbocycles. The summed E-state index contributed by atoms with van der Waals surface area (Å²) in [6.07, 6.45) is 1.97. The zero-order valence-electron chi connectivity index (χ0n) is 12.8. The Morgan fingerprint density at radius 3 is 2.67 bits per heavy atom. The largest absolute Gasteiger partial charge is 0.391 e. The third-order valence-electron chi connectivity index (χ3n) is 3.77. The van der Waals surface area contributed by atoms with Gasteiger partial charge in [0.15, 0.2) is 5.96 Å². The van der Waals surface area contributed by atoms with Gasteiger partial charge in [-0.2, -0.15) is 24.9 Å². The van der Waals surface area contributed by atoms with Crippen LogP contribution in [0, 0.1) is 5.92 Å². The van der Waals surface area contributed by atoms with Crippen molar-refractivity contribution in [1.29, 1.82) is 0 Å². The van der Waals surface area contributed by atoms with E-state index in [-0.39, 0.29) is 18.9 Å². The van der Waals surface area contributed by atoms with Gasteiger partial charge < -0.3 is 10.6 Å². The summed E-state index contributed by atoms with van der Waals surface area (Å²) >= 11 is 1.82. The van der Waals surface area contributed by atoms with Gasteiger partial charge in [0, 0.05) is 19.6 Å². The Kier molecular flexibility index (Phi) is 8.29. The minimum absolute atomic E-state index is 0.136. The molecule has 2 atom stereocenters. The van der Waals surface area contributed by atoms with E-state index in [0.717, 1.165) is 31.6 Å². The van der Waals surface area contributed by atoms with Crippen LogP contribution < -0.4 is 10.6 Å². The number of hydrogen-bond acceptors (Lipinski definition) is 2. The zero-order chi connectivity index (χ0) is 15.7. The highest BCUT2D eigenvalue weighted by molar-refractivity contribution is 7.98. The summed E-state index contributed by atoms with van der Waals surface area (Å²) in [5.41, 5.74) is 0. The van der Waals surface area contributed by atoms with Crippen molar-refractivity contribution < 1.29 is 13.2 Å². The zero-order valence-corrected chi connectivity index (χ0v) is 13.6. The van der Waals surface area contributed by atoms with Crippen LogP contribution in [0.15, 0.2) is 4.99 Å². The van der Waals surface area contributed by atoms with E-state index in [0.29, 0.717) is 12.4 Å². The lowest BCUT2D eigenvalue weighted by molar-refractivity contribution is -0.183. The molecule has 0 spiro atoms. The second-order valence-electron chi connectivity index (χ2n) is 5.45. The van der Waals surface area contributed by atoms with Crippen molar-refractivity contribution in [3.05, 3.63) is 0 Å². The van der Waals surface area contributed by atoms with E-state index in [2.05, 4.69) is 21.9 Å². The molecule has 0 radical (unpaired) electrons. The van der Waals surface area contributed by atoms with Gasteiger partial charge in [-0.25, -0.2) is 0 Å². The van der Waals surface area contributed by atoms with Crippen molar-refractivity contribution in [2.24, 2.45) is 10.9 Å². The molecule has 0 aromatic heterocycles. The molecular weight excluding hydrogens is 299 g/mol. The van der Waals surface area contributed by atoms with Crippen molar-refractivity contribution >= 4 is 17.7 Å². The number of nitrogens with zero attached hydrogens (tertiary/aromatic N) is 1. The monoisotopic (exact) mass is 325 g/mol. The molecule has 1 aliphatic rings. The average Bonchev–Trinajstić information content (AvgIpc) is 2.45. The first kappa shape index (κ1) is 18.5. The number of thioether (sulfide) groups is 1. The Bertz CT molecular complexity index is 321. The van der Waals surface area contributed by atoms with E-state index >= 15 is 0 Å². The number of alkyl halides is 3. The molecule has 3 nitrogen and oxygen atoms in total. The SMILES string of the molecule is CN=C(NCCCCSC)NC1CCCC(C(F)(F)F)C1. The molecule has 0 heterocycles. The Balaban J connectivity index is 2.32. The smallest absolute Gasteiger partial charge is 0.356 e. The molecule has 7 heteroatoms. The van der Waals surface area contributed by atoms with Crippen LogP contribution in [0.25, 0.3) is 0 Å². The second kappa shape index (κ2) is 9.43. The molecule has 2 N–H and O–H groups in total. The number of hydrogen-bond donors (Lipinski definition) is 2. The van der Waals surface area contributed by atoms with Crippen molar-refractivity contribution in [3.8, 4) is 0 Å². The van der Waals surface area contributed by atoms with Crippen LogP contribution in [0.3, 0.4) is 0 Å². The molecular formula is C14H26F3N3S. The molecule has 21 heavy (non-hydrogen) atoms. The molecule has 0 aromatic carbocycles. The van der Waals surface area contributed by atoms with Crippen LogP contribution in [0.5, 0.6) is 0 Å². The van der Waals surface area contributed by atoms with Gasteiger partial charge in [-0.3, -0.25) is 4.99 Å². The maximum atomic E-state index is 12.8. The molecule has 1 fully saturated rings. The summed E-state index contributed by atoms with van der Waals surface area (Å²) in [4.78, 5) is 4.10. The van der Waals surface area contributed by atoms with E-state index in [1.54, 1.807) is 7.05 Å². The Morgan fingerprint density at radius 1 is 1.29 bits per heavy atom. The summed E-state index contributed by atoms with van der Waals surface area (Å²) < 4.78 is 38.3. The first-order valence-electron chi connectivity index (χ1n) is 7.50. The van der Waals surface area contributed by atoms with Gasteiger partial charge in [0.05, 0.1) is 5.92 Å². The van der Waals surface area contributed by atoms with Crippen LogP contribution in [0.2, 0.25) is 0 Å². The van der Waals surface area contributed by atoms with Crippen LogP contribution in [-0.2, 0) is 0 Å². The molecule has 0 aromatic rings. The molecule has 2 unspecified atom stereocenters. The highest BCUT2D eigenvalue weighted by Gasteiger charge is 2.42. The standard InChI is InChI=1S/C14H26F3N3S/c1-18-13(19-8-3-4-9-21-2)20-12-7-5-6-11(10-12)14(15,16)17/h11-12H,3-10H2,1-2H3,(H2,18,19,20). The lowest BCUT2D eigenvalue weighted by Gasteiger charge is -2.31. The summed E-state index contributed by atoms with van der Waals surface area (Å²) in [6, 6.07) is -0.136. The third-order valence-corrected chi connectivity index (χ3v) is 4.47. The third kappa shape index (κ3) is 7.29. The topological polar surface area (TPSA) is 36.4 Å². The van der Waals surface area contributed by atoms with Gasteiger partial charge in [0.2, 0.25) is 0 Å². The van der Waals surface area contributed by atoms with E-state index < -0.39 is 12.1 Å². The molecule has 124 valence electrons. The summed E-state index contributed by atoms with van der Waals surface area (Å²) in [5.74, 6) is 0.569. The number of nitrogens with one attached hydrogen (secondary N) is 2. The van der Waals surface area contributed by atoms with Crippen molar-refractivity contribution in [2.75, 3.05) is 25.6 Å². The van der Waals surface area contributed by atoms with E-state index in [1.165, 1.54) is 0 Å². The molecule has 1 saturated carbocycles. The fourth-order valence-corrected chi connectivity index (χ4v) is 3.08. The second-order valence-corrected chi connectivity index (χ2v) is 6.43.